The summed E-state index contributed by atoms with van der Waals surface area (Å²) in [5.41, 5.74) is 2.22. The molecule has 2 aromatic heterocycles. The Morgan fingerprint density at radius 3 is 2.86 bits per heavy atom. The molecule has 0 aliphatic heterocycles. The molecule has 0 N–H and O–H groups in total. The number of halogens is 1. The lowest BCUT2D eigenvalue weighted by molar-refractivity contribution is 0.412. The van der Waals surface area contributed by atoms with Crippen molar-refractivity contribution < 1.29 is 0 Å². The molecule has 1 aliphatic rings. The molecule has 2 nitrogen and oxygen atoms in total. The number of imidazole rings is 1. The monoisotopic (exact) mass is 206 g/mol. The van der Waals surface area contributed by atoms with Gasteiger partial charge >= 0.3 is 0 Å². The van der Waals surface area contributed by atoms with Crippen molar-refractivity contribution in [1.82, 2.24) is 9.38 Å². The van der Waals surface area contributed by atoms with Gasteiger partial charge in [-0.1, -0.05) is 18.0 Å². The molecule has 3 heteroatoms. The van der Waals surface area contributed by atoms with Crippen molar-refractivity contribution >= 4 is 17.2 Å². The van der Waals surface area contributed by atoms with Crippen molar-refractivity contribution in [2.24, 2.45) is 0 Å². The Hall–Kier alpha value is -1.02. The van der Waals surface area contributed by atoms with E-state index < -0.39 is 0 Å². The van der Waals surface area contributed by atoms with Crippen LogP contribution in [0.5, 0.6) is 0 Å². The first-order valence-corrected chi connectivity index (χ1v) is 5.35. The average Bonchev–Trinajstić information content (AvgIpc) is 2.43. The van der Waals surface area contributed by atoms with Crippen LogP contribution in [0, 0.1) is 0 Å². The van der Waals surface area contributed by atoms with Gasteiger partial charge in [0.05, 0.1) is 10.7 Å². The minimum absolute atomic E-state index is 0.689. The van der Waals surface area contributed by atoms with Gasteiger partial charge in [-0.25, -0.2) is 4.98 Å². The first-order chi connectivity index (χ1) is 6.83. The number of pyridine rings is 1. The Morgan fingerprint density at radius 1 is 1.29 bits per heavy atom. The minimum atomic E-state index is 0.689. The maximum atomic E-state index is 5.91. The van der Waals surface area contributed by atoms with Gasteiger partial charge < -0.3 is 4.40 Å². The lowest BCUT2D eigenvalue weighted by Gasteiger charge is -2.22. The van der Waals surface area contributed by atoms with E-state index in [1.165, 1.54) is 25.0 Å². The third-order valence-corrected chi connectivity index (χ3v) is 3.18. The maximum Gasteiger partial charge on any atom is 0.137 e. The molecular weight excluding hydrogens is 196 g/mol. The van der Waals surface area contributed by atoms with Gasteiger partial charge in [0.2, 0.25) is 0 Å². The topological polar surface area (TPSA) is 17.3 Å². The molecule has 0 aromatic carbocycles. The molecule has 0 atom stereocenters. The molecule has 2 heterocycles. The average molecular weight is 207 g/mol. The van der Waals surface area contributed by atoms with Crippen molar-refractivity contribution in [3.63, 3.8) is 0 Å². The molecule has 14 heavy (non-hydrogen) atoms. The summed E-state index contributed by atoms with van der Waals surface area (Å²) < 4.78 is 2.01. The molecule has 0 spiro atoms. The van der Waals surface area contributed by atoms with Crippen LogP contribution in [0.2, 0.25) is 5.02 Å². The summed E-state index contributed by atoms with van der Waals surface area (Å²) >= 11 is 5.91. The Bertz CT molecular complexity index is 471. The van der Waals surface area contributed by atoms with Gasteiger partial charge in [0.1, 0.15) is 5.65 Å². The molecule has 0 saturated heterocycles. The Morgan fingerprint density at radius 2 is 2.14 bits per heavy atom. The molecule has 2 aromatic rings. The molecular formula is C11H11ClN2. The molecule has 0 unspecified atom stereocenters. The van der Waals surface area contributed by atoms with Crippen LogP contribution < -0.4 is 0 Å². The third kappa shape index (κ3) is 1.22. The molecule has 0 bridgehead atoms. The SMILES string of the molecule is Clc1ccc2nc(C3CCC3)cn2c1. The Labute approximate surface area is 87.5 Å². The van der Waals surface area contributed by atoms with Crippen LogP contribution in [0.15, 0.2) is 24.5 Å². The lowest BCUT2D eigenvalue weighted by Crippen LogP contribution is -2.08. The summed E-state index contributed by atoms with van der Waals surface area (Å²) in [4.78, 5) is 4.58. The highest BCUT2D eigenvalue weighted by Crippen LogP contribution is 2.35. The second kappa shape index (κ2) is 2.99. The first-order valence-electron chi connectivity index (χ1n) is 4.97. The molecule has 1 saturated carbocycles. The summed E-state index contributed by atoms with van der Waals surface area (Å²) in [7, 11) is 0. The summed E-state index contributed by atoms with van der Waals surface area (Å²) in [6, 6.07) is 3.85. The predicted molar refractivity (Wildman–Crippen MR) is 56.8 cm³/mol. The highest BCUT2D eigenvalue weighted by molar-refractivity contribution is 6.30. The van der Waals surface area contributed by atoms with Gasteiger partial charge in [0.25, 0.3) is 0 Å². The van der Waals surface area contributed by atoms with E-state index in [0.29, 0.717) is 5.92 Å². The quantitative estimate of drug-likeness (QED) is 0.700. The first kappa shape index (κ1) is 8.30. The normalized spacial score (nSPS) is 17.2. The fraction of sp³-hybridized carbons (Fsp3) is 0.364. The fourth-order valence-electron chi connectivity index (χ4n) is 1.89. The van der Waals surface area contributed by atoms with E-state index in [1.807, 2.05) is 22.7 Å². The summed E-state index contributed by atoms with van der Waals surface area (Å²) in [5, 5.41) is 0.759. The van der Waals surface area contributed by atoms with Crippen molar-refractivity contribution in [3.05, 3.63) is 35.2 Å². The van der Waals surface area contributed by atoms with Crippen LogP contribution in [0.25, 0.3) is 5.65 Å². The highest BCUT2D eigenvalue weighted by atomic mass is 35.5. The van der Waals surface area contributed by atoms with E-state index in [4.69, 9.17) is 11.6 Å². The van der Waals surface area contributed by atoms with Crippen LogP contribution in [-0.4, -0.2) is 9.38 Å². The zero-order valence-corrected chi connectivity index (χ0v) is 8.54. The summed E-state index contributed by atoms with van der Waals surface area (Å²) in [6.07, 6.45) is 7.94. The molecule has 0 radical (unpaired) electrons. The zero-order valence-electron chi connectivity index (χ0n) is 7.78. The van der Waals surface area contributed by atoms with E-state index in [0.717, 1.165) is 10.7 Å². The van der Waals surface area contributed by atoms with Crippen molar-refractivity contribution in [2.75, 3.05) is 0 Å². The number of rotatable bonds is 1. The number of aromatic nitrogens is 2. The van der Waals surface area contributed by atoms with Gasteiger partial charge in [-0.3, -0.25) is 0 Å². The van der Waals surface area contributed by atoms with Crippen molar-refractivity contribution in [1.29, 1.82) is 0 Å². The van der Waals surface area contributed by atoms with Crippen LogP contribution >= 0.6 is 11.6 Å². The minimum Gasteiger partial charge on any atom is -0.305 e. The number of hydrogen-bond acceptors (Lipinski definition) is 1. The Balaban J connectivity index is 2.10. The second-order valence-corrected chi connectivity index (χ2v) is 4.34. The van der Waals surface area contributed by atoms with Gasteiger partial charge in [0, 0.05) is 18.3 Å². The zero-order chi connectivity index (χ0) is 9.54. The fourth-order valence-corrected chi connectivity index (χ4v) is 2.05. The van der Waals surface area contributed by atoms with Gasteiger partial charge in [-0.05, 0) is 25.0 Å². The van der Waals surface area contributed by atoms with Crippen LogP contribution in [0.1, 0.15) is 30.9 Å². The largest absolute Gasteiger partial charge is 0.305 e. The smallest absolute Gasteiger partial charge is 0.137 e. The number of fused-ring (bicyclic) bond motifs is 1. The number of hydrogen-bond donors (Lipinski definition) is 0. The third-order valence-electron chi connectivity index (χ3n) is 2.96. The van der Waals surface area contributed by atoms with Gasteiger partial charge in [-0.2, -0.15) is 0 Å². The van der Waals surface area contributed by atoms with E-state index in [9.17, 15) is 0 Å². The molecule has 1 fully saturated rings. The van der Waals surface area contributed by atoms with E-state index in [2.05, 4.69) is 11.2 Å². The lowest BCUT2D eigenvalue weighted by atomic mass is 9.83. The predicted octanol–water partition coefficient (Wildman–Crippen LogP) is 3.26. The van der Waals surface area contributed by atoms with Crippen molar-refractivity contribution in [2.45, 2.75) is 25.2 Å². The number of nitrogens with zero attached hydrogens (tertiary/aromatic N) is 2. The van der Waals surface area contributed by atoms with Gasteiger partial charge in [0.15, 0.2) is 0 Å². The maximum absolute atomic E-state index is 5.91. The standard InChI is InChI=1S/C11H11ClN2/c12-9-4-5-11-13-10(7-14(11)6-9)8-2-1-3-8/h4-8H,1-3H2. The molecule has 72 valence electrons. The van der Waals surface area contributed by atoms with Gasteiger partial charge in [-0.15, -0.1) is 0 Å². The molecule has 3 rings (SSSR count). The summed E-state index contributed by atoms with van der Waals surface area (Å²) in [5.74, 6) is 0.689. The highest BCUT2D eigenvalue weighted by Gasteiger charge is 2.21. The summed E-state index contributed by atoms with van der Waals surface area (Å²) in [6.45, 7) is 0. The second-order valence-electron chi connectivity index (χ2n) is 3.91. The van der Waals surface area contributed by atoms with E-state index in [-0.39, 0.29) is 0 Å². The van der Waals surface area contributed by atoms with Crippen molar-refractivity contribution in [3.8, 4) is 0 Å². The molecule has 1 aliphatic carbocycles. The Kier molecular flexibility index (Phi) is 1.77. The van der Waals surface area contributed by atoms with Crippen LogP contribution in [-0.2, 0) is 0 Å². The van der Waals surface area contributed by atoms with Crippen LogP contribution in [0.3, 0.4) is 0 Å². The van der Waals surface area contributed by atoms with E-state index >= 15 is 0 Å². The molecule has 0 amide bonds. The van der Waals surface area contributed by atoms with E-state index in [1.54, 1.807) is 0 Å². The van der Waals surface area contributed by atoms with Crippen LogP contribution in [0.4, 0.5) is 0 Å².